The first-order valence-electron chi connectivity index (χ1n) is 9.02. The molecule has 0 unspecified atom stereocenters. The minimum Gasteiger partial charge on any atom is -0.486 e. The van der Waals surface area contributed by atoms with E-state index in [1.54, 1.807) is 36.5 Å². The van der Waals surface area contributed by atoms with Gasteiger partial charge in [0.15, 0.2) is 17.3 Å². The fourth-order valence-corrected chi connectivity index (χ4v) is 3.05. The van der Waals surface area contributed by atoms with Crippen molar-refractivity contribution in [2.75, 3.05) is 24.7 Å². The SMILES string of the molecule is O=C(CN(Cc1ccc(F)cc1)c1ccccn1)c1ccc2c(c1)OCCO2. The standard InChI is InChI=1S/C22H19FN2O3/c23-18-7-4-16(5-8-18)14-25(22-3-1-2-10-24-22)15-19(26)17-6-9-20-21(13-17)28-12-11-27-20/h1-10,13H,11-12,14-15H2. The number of hydrogen-bond acceptors (Lipinski definition) is 5. The van der Waals surface area contributed by atoms with Crippen LogP contribution in [0, 0.1) is 5.82 Å². The Balaban J connectivity index is 1.56. The van der Waals surface area contributed by atoms with Crippen LogP contribution >= 0.6 is 0 Å². The van der Waals surface area contributed by atoms with Crippen LogP contribution in [0.2, 0.25) is 0 Å². The first-order chi connectivity index (χ1) is 13.7. The molecule has 5 nitrogen and oxygen atoms in total. The Kier molecular flexibility index (Phi) is 5.19. The molecule has 6 heteroatoms. The summed E-state index contributed by atoms with van der Waals surface area (Å²) in [5, 5.41) is 0. The summed E-state index contributed by atoms with van der Waals surface area (Å²) in [6.07, 6.45) is 1.68. The molecule has 0 aliphatic carbocycles. The molecule has 0 radical (unpaired) electrons. The summed E-state index contributed by atoms with van der Waals surface area (Å²) in [7, 11) is 0. The largest absolute Gasteiger partial charge is 0.486 e. The fraction of sp³-hybridized carbons (Fsp3) is 0.182. The number of carbonyl (C=O) groups is 1. The van der Waals surface area contributed by atoms with Gasteiger partial charge in [0.05, 0.1) is 6.54 Å². The first kappa shape index (κ1) is 18.0. The lowest BCUT2D eigenvalue weighted by Crippen LogP contribution is -2.30. The maximum atomic E-state index is 13.2. The van der Waals surface area contributed by atoms with Crippen LogP contribution in [-0.4, -0.2) is 30.5 Å². The molecular formula is C22H19FN2O3. The number of rotatable bonds is 6. The van der Waals surface area contributed by atoms with Crippen molar-refractivity contribution in [1.29, 1.82) is 0 Å². The molecule has 2 aromatic carbocycles. The Morgan fingerprint density at radius 1 is 1.00 bits per heavy atom. The van der Waals surface area contributed by atoms with Crippen molar-refractivity contribution in [3.05, 3.63) is 83.8 Å². The van der Waals surface area contributed by atoms with Crippen LogP contribution in [0.5, 0.6) is 11.5 Å². The summed E-state index contributed by atoms with van der Waals surface area (Å²) in [5.74, 6) is 1.55. The number of hydrogen-bond donors (Lipinski definition) is 0. The third-order valence-corrected chi connectivity index (χ3v) is 4.46. The van der Waals surface area contributed by atoms with E-state index in [2.05, 4.69) is 4.98 Å². The number of fused-ring (bicyclic) bond motifs is 1. The van der Waals surface area contributed by atoms with E-state index in [4.69, 9.17) is 9.47 Å². The number of nitrogens with zero attached hydrogens (tertiary/aromatic N) is 2. The van der Waals surface area contributed by atoms with Crippen molar-refractivity contribution in [2.45, 2.75) is 6.54 Å². The van der Waals surface area contributed by atoms with Crippen LogP contribution in [0.1, 0.15) is 15.9 Å². The zero-order valence-electron chi connectivity index (χ0n) is 15.2. The number of ether oxygens (including phenoxy) is 2. The van der Waals surface area contributed by atoms with Gasteiger partial charge in [-0.15, -0.1) is 0 Å². The first-order valence-corrected chi connectivity index (χ1v) is 9.02. The van der Waals surface area contributed by atoms with Gasteiger partial charge in [-0.2, -0.15) is 0 Å². The van der Waals surface area contributed by atoms with Crippen molar-refractivity contribution in [1.82, 2.24) is 4.98 Å². The Bertz CT molecular complexity index is 961. The van der Waals surface area contributed by atoms with E-state index in [0.29, 0.717) is 42.6 Å². The van der Waals surface area contributed by atoms with Crippen molar-refractivity contribution < 1.29 is 18.7 Å². The summed E-state index contributed by atoms with van der Waals surface area (Å²) >= 11 is 0. The summed E-state index contributed by atoms with van der Waals surface area (Å²) in [6, 6.07) is 17.0. The van der Waals surface area contributed by atoms with Crippen LogP contribution in [0.4, 0.5) is 10.2 Å². The highest BCUT2D eigenvalue weighted by molar-refractivity contribution is 5.99. The van der Waals surface area contributed by atoms with Crippen molar-refractivity contribution in [3.63, 3.8) is 0 Å². The maximum Gasteiger partial charge on any atom is 0.182 e. The monoisotopic (exact) mass is 378 g/mol. The molecule has 0 N–H and O–H groups in total. The van der Waals surface area contributed by atoms with Gasteiger partial charge < -0.3 is 14.4 Å². The van der Waals surface area contributed by atoms with Gasteiger partial charge >= 0.3 is 0 Å². The number of carbonyl (C=O) groups excluding carboxylic acids is 1. The molecule has 0 saturated carbocycles. The topological polar surface area (TPSA) is 51.7 Å². The lowest BCUT2D eigenvalue weighted by atomic mass is 10.1. The van der Waals surface area contributed by atoms with Crippen molar-refractivity contribution >= 4 is 11.6 Å². The molecular weight excluding hydrogens is 359 g/mol. The number of pyridine rings is 1. The smallest absolute Gasteiger partial charge is 0.182 e. The predicted molar refractivity (Wildman–Crippen MR) is 103 cm³/mol. The number of Topliss-reactive ketones (excluding diaryl/α,β-unsaturated/α-hetero) is 1. The van der Waals surface area contributed by atoms with Gasteiger partial charge in [-0.05, 0) is 48.0 Å². The molecule has 0 spiro atoms. The van der Waals surface area contributed by atoms with Crippen LogP contribution in [0.15, 0.2) is 66.9 Å². The molecule has 1 aliphatic heterocycles. The van der Waals surface area contributed by atoms with E-state index in [0.717, 1.165) is 5.56 Å². The average Bonchev–Trinajstić information content (AvgIpc) is 2.75. The van der Waals surface area contributed by atoms with E-state index in [1.165, 1.54) is 12.1 Å². The Hall–Kier alpha value is -3.41. The molecule has 142 valence electrons. The Morgan fingerprint density at radius 3 is 2.54 bits per heavy atom. The van der Waals surface area contributed by atoms with Gasteiger partial charge in [0, 0.05) is 18.3 Å². The predicted octanol–water partition coefficient (Wildman–Crippen LogP) is 3.88. The lowest BCUT2D eigenvalue weighted by Gasteiger charge is -2.24. The maximum absolute atomic E-state index is 13.2. The second-order valence-corrected chi connectivity index (χ2v) is 6.45. The fourth-order valence-electron chi connectivity index (χ4n) is 3.05. The highest BCUT2D eigenvalue weighted by atomic mass is 19.1. The van der Waals surface area contributed by atoms with Crippen LogP contribution in [-0.2, 0) is 6.54 Å². The quantitative estimate of drug-likeness (QED) is 0.610. The molecule has 0 atom stereocenters. The normalized spacial score (nSPS) is 12.5. The molecule has 0 saturated heterocycles. The van der Waals surface area contributed by atoms with E-state index >= 15 is 0 Å². The Labute approximate surface area is 162 Å². The number of benzene rings is 2. The molecule has 4 rings (SSSR count). The molecule has 28 heavy (non-hydrogen) atoms. The van der Waals surface area contributed by atoms with Gasteiger partial charge in [0.25, 0.3) is 0 Å². The number of anilines is 1. The summed E-state index contributed by atoms with van der Waals surface area (Å²) in [4.78, 5) is 19.2. The summed E-state index contributed by atoms with van der Waals surface area (Å²) in [6.45, 7) is 1.54. The van der Waals surface area contributed by atoms with E-state index in [9.17, 15) is 9.18 Å². The minimum atomic E-state index is -0.291. The van der Waals surface area contributed by atoms with E-state index in [-0.39, 0.29) is 18.1 Å². The second-order valence-electron chi connectivity index (χ2n) is 6.45. The number of aromatic nitrogens is 1. The molecule has 0 amide bonds. The molecule has 0 bridgehead atoms. The summed E-state index contributed by atoms with van der Waals surface area (Å²) < 4.78 is 24.3. The van der Waals surface area contributed by atoms with Gasteiger partial charge in [0.1, 0.15) is 24.8 Å². The van der Waals surface area contributed by atoms with Gasteiger partial charge in [-0.1, -0.05) is 18.2 Å². The highest BCUT2D eigenvalue weighted by Gasteiger charge is 2.18. The third-order valence-electron chi connectivity index (χ3n) is 4.46. The lowest BCUT2D eigenvalue weighted by molar-refractivity contribution is 0.0997. The minimum absolute atomic E-state index is 0.0651. The van der Waals surface area contributed by atoms with Gasteiger partial charge in [0.2, 0.25) is 0 Å². The molecule has 2 heterocycles. The zero-order chi connectivity index (χ0) is 19.3. The second kappa shape index (κ2) is 8.08. The van der Waals surface area contributed by atoms with Gasteiger partial charge in [-0.3, -0.25) is 4.79 Å². The van der Waals surface area contributed by atoms with Gasteiger partial charge in [-0.25, -0.2) is 9.37 Å². The summed E-state index contributed by atoms with van der Waals surface area (Å²) in [5.41, 5.74) is 1.44. The van der Waals surface area contributed by atoms with Crippen molar-refractivity contribution in [2.24, 2.45) is 0 Å². The van der Waals surface area contributed by atoms with Crippen LogP contribution in [0.25, 0.3) is 0 Å². The average molecular weight is 378 g/mol. The molecule has 1 aromatic heterocycles. The van der Waals surface area contributed by atoms with Crippen LogP contribution < -0.4 is 14.4 Å². The molecule has 0 fully saturated rings. The van der Waals surface area contributed by atoms with E-state index < -0.39 is 0 Å². The Morgan fingerprint density at radius 2 is 1.79 bits per heavy atom. The number of ketones is 1. The molecule has 1 aliphatic rings. The zero-order valence-corrected chi connectivity index (χ0v) is 15.2. The van der Waals surface area contributed by atoms with Crippen molar-refractivity contribution in [3.8, 4) is 11.5 Å². The number of halogens is 1. The van der Waals surface area contributed by atoms with E-state index in [1.807, 2.05) is 23.1 Å². The molecule has 3 aromatic rings. The van der Waals surface area contributed by atoms with Crippen LogP contribution in [0.3, 0.4) is 0 Å². The highest BCUT2D eigenvalue weighted by Crippen LogP contribution is 2.31. The third kappa shape index (κ3) is 4.11.